The Morgan fingerprint density at radius 2 is 0.982 bits per heavy atom. The van der Waals surface area contributed by atoms with Gasteiger partial charge in [0.25, 0.3) is 0 Å². The standard InChI is InChI=1S/C53H37N3/c1-4-17-36(18-5-1)48-35-49(55-52(54-48)37-19-6-2-7-20-37)40-22-16-21-38(33-40)39-31-32-45-43(34-39)42-25-10-11-26-44(42)53(45)46-27-12-14-29-50(46)56(41-23-8-3-9-24-41)51-30-15-13-28-47(51)53/h1-35,52,54H. The van der Waals surface area contributed by atoms with Crippen molar-refractivity contribution < 1.29 is 0 Å². The Balaban J connectivity index is 1.06. The number of fused-ring (bicyclic) bond motifs is 9. The average molecular weight is 716 g/mol. The fourth-order valence-electron chi connectivity index (χ4n) is 9.27. The van der Waals surface area contributed by atoms with Crippen LogP contribution in [0.3, 0.4) is 0 Å². The highest BCUT2D eigenvalue weighted by molar-refractivity contribution is 6.13. The number of nitrogens with one attached hydrogen (secondary N) is 1. The van der Waals surface area contributed by atoms with E-state index in [-0.39, 0.29) is 6.17 Å². The van der Waals surface area contributed by atoms with Gasteiger partial charge in [0.1, 0.15) is 6.17 Å². The first-order valence-electron chi connectivity index (χ1n) is 19.3. The van der Waals surface area contributed by atoms with Crippen molar-refractivity contribution in [2.45, 2.75) is 11.6 Å². The Bertz CT molecular complexity index is 2790. The fraction of sp³-hybridized carbons (Fsp3) is 0.0377. The van der Waals surface area contributed by atoms with Gasteiger partial charge in [-0.2, -0.15) is 0 Å². The van der Waals surface area contributed by atoms with E-state index >= 15 is 0 Å². The molecule has 1 aliphatic carbocycles. The molecule has 0 fully saturated rings. The van der Waals surface area contributed by atoms with Crippen molar-refractivity contribution in [2.75, 3.05) is 4.90 Å². The fourth-order valence-corrected chi connectivity index (χ4v) is 9.27. The molecule has 264 valence electrons. The summed E-state index contributed by atoms with van der Waals surface area (Å²) in [7, 11) is 0. The van der Waals surface area contributed by atoms with E-state index in [9.17, 15) is 0 Å². The summed E-state index contributed by atoms with van der Waals surface area (Å²) in [6.45, 7) is 0. The van der Waals surface area contributed by atoms with Crippen LogP contribution in [0.25, 0.3) is 28.0 Å². The number of aliphatic imine (C=N–C) groups is 1. The molecule has 3 nitrogen and oxygen atoms in total. The van der Waals surface area contributed by atoms with Crippen molar-refractivity contribution in [3.63, 3.8) is 0 Å². The third kappa shape index (κ3) is 4.94. The lowest BCUT2D eigenvalue weighted by atomic mass is 9.64. The van der Waals surface area contributed by atoms with Crippen LogP contribution >= 0.6 is 0 Å². The smallest absolute Gasteiger partial charge is 0.145 e. The van der Waals surface area contributed by atoms with Crippen molar-refractivity contribution in [1.82, 2.24) is 5.32 Å². The lowest BCUT2D eigenvalue weighted by molar-refractivity contribution is 0.664. The summed E-state index contributed by atoms with van der Waals surface area (Å²) >= 11 is 0. The van der Waals surface area contributed by atoms with Gasteiger partial charge in [-0.3, -0.25) is 4.99 Å². The highest BCUT2D eigenvalue weighted by Gasteiger charge is 2.51. The Labute approximate surface area is 327 Å². The van der Waals surface area contributed by atoms with Crippen LogP contribution in [0.4, 0.5) is 17.1 Å². The summed E-state index contributed by atoms with van der Waals surface area (Å²) in [6.07, 6.45) is 2.00. The van der Waals surface area contributed by atoms with E-state index in [0.717, 1.165) is 39.3 Å². The minimum Gasteiger partial charge on any atom is -0.360 e. The Morgan fingerprint density at radius 1 is 0.429 bits per heavy atom. The van der Waals surface area contributed by atoms with Crippen molar-refractivity contribution >= 4 is 28.5 Å². The molecule has 0 saturated heterocycles. The average Bonchev–Trinajstić information content (AvgIpc) is 3.57. The molecular formula is C53H37N3. The van der Waals surface area contributed by atoms with Gasteiger partial charge in [-0.05, 0) is 98.1 Å². The molecule has 0 saturated carbocycles. The zero-order valence-electron chi connectivity index (χ0n) is 30.7. The van der Waals surface area contributed by atoms with E-state index in [0.29, 0.717) is 0 Å². The first kappa shape index (κ1) is 32.2. The molecule has 8 aromatic carbocycles. The predicted octanol–water partition coefficient (Wildman–Crippen LogP) is 12.6. The van der Waals surface area contributed by atoms with Gasteiger partial charge in [0.2, 0.25) is 0 Å². The molecule has 56 heavy (non-hydrogen) atoms. The minimum atomic E-state index is -0.473. The maximum atomic E-state index is 5.27. The maximum Gasteiger partial charge on any atom is 0.145 e. The van der Waals surface area contributed by atoms with Crippen LogP contribution in [-0.2, 0) is 5.41 Å². The number of hydrogen-bond donors (Lipinski definition) is 1. The first-order chi connectivity index (χ1) is 27.8. The molecule has 1 unspecified atom stereocenters. The van der Waals surface area contributed by atoms with Crippen molar-refractivity contribution in [1.29, 1.82) is 0 Å². The lowest BCUT2D eigenvalue weighted by Gasteiger charge is -2.45. The van der Waals surface area contributed by atoms with Gasteiger partial charge in [0.15, 0.2) is 0 Å². The number of nitrogens with zero attached hydrogens (tertiary/aromatic N) is 2. The highest BCUT2D eigenvalue weighted by Crippen LogP contribution is 2.63. The van der Waals surface area contributed by atoms with Crippen LogP contribution in [0.15, 0.2) is 217 Å². The molecule has 3 aliphatic rings. The number of benzene rings is 8. The summed E-state index contributed by atoms with van der Waals surface area (Å²) < 4.78 is 0. The SMILES string of the molecule is C1=C(c2ccccc2)NC(c2ccccc2)N=C1c1cccc(-c2ccc3c(c2)-c2ccccc2C32c3ccccc3N(c3ccccc3)c3ccccc32)c1. The summed E-state index contributed by atoms with van der Waals surface area (Å²) in [5.41, 5.74) is 18.6. The van der Waals surface area contributed by atoms with Gasteiger partial charge in [-0.15, -0.1) is 0 Å². The molecule has 0 amide bonds. The Hall–Kier alpha value is -7.23. The van der Waals surface area contributed by atoms with Gasteiger partial charge in [-0.1, -0.05) is 170 Å². The van der Waals surface area contributed by atoms with Crippen molar-refractivity contribution in [3.05, 3.63) is 251 Å². The second-order valence-corrected chi connectivity index (χ2v) is 14.7. The lowest BCUT2D eigenvalue weighted by Crippen LogP contribution is -2.36. The molecule has 0 radical (unpaired) electrons. The summed E-state index contributed by atoms with van der Waals surface area (Å²) in [4.78, 5) is 7.70. The molecular weight excluding hydrogens is 679 g/mol. The first-order valence-corrected chi connectivity index (χ1v) is 19.3. The topological polar surface area (TPSA) is 27.6 Å². The van der Waals surface area contributed by atoms with Gasteiger partial charge < -0.3 is 10.2 Å². The highest BCUT2D eigenvalue weighted by atomic mass is 15.2. The van der Waals surface area contributed by atoms with Crippen LogP contribution in [-0.4, -0.2) is 5.71 Å². The van der Waals surface area contributed by atoms with E-state index in [1.165, 1.54) is 50.3 Å². The molecule has 0 bridgehead atoms. The number of rotatable bonds is 5. The summed E-state index contributed by atoms with van der Waals surface area (Å²) in [6, 6.07) is 74.8. The number of para-hydroxylation sites is 3. The largest absolute Gasteiger partial charge is 0.360 e. The van der Waals surface area contributed by atoms with Gasteiger partial charge in [0.05, 0.1) is 22.5 Å². The maximum absolute atomic E-state index is 5.27. The van der Waals surface area contributed by atoms with Gasteiger partial charge >= 0.3 is 0 Å². The normalized spacial score (nSPS) is 15.8. The van der Waals surface area contributed by atoms with Crippen LogP contribution in [0.5, 0.6) is 0 Å². The number of hydrogen-bond acceptors (Lipinski definition) is 3. The van der Waals surface area contributed by atoms with Crippen molar-refractivity contribution in [2.24, 2.45) is 4.99 Å². The van der Waals surface area contributed by atoms with Crippen LogP contribution in [0.2, 0.25) is 0 Å². The third-order valence-corrected chi connectivity index (χ3v) is 11.7. The van der Waals surface area contributed by atoms with E-state index < -0.39 is 5.41 Å². The molecule has 2 heterocycles. The number of anilines is 3. The molecule has 11 rings (SSSR count). The van der Waals surface area contributed by atoms with E-state index in [4.69, 9.17) is 4.99 Å². The summed E-state index contributed by atoms with van der Waals surface area (Å²) in [5, 5.41) is 3.69. The van der Waals surface area contributed by atoms with Crippen LogP contribution in [0, 0.1) is 0 Å². The molecule has 0 aromatic heterocycles. The van der Waals surface area contributed by atoms with Gasteiger partial charge in [0, 0.05) is 16.9 Å². The molecule has 2 aliphatic heterocycles. The zero-order valence-corrected chi connectivity index (χ0v) is 30.7. The van der Waals surface area contributed by atoms with Crippen LogP contribution in [0.1, 0.15) is 45.1 Å². The third-order valence-electron chi connectivity index (χ3n) is 11.7. The van der Waals surface area contributed by atoms with E-state index in [1.807, 2.05) is 0 Å². The Morgan fingerprint density at radius 3 is 1.71 bits per heavy atom. The van der Waals surface area contributed by atoms with E-state index in [2.05, 4.69) is 223 Å². The zero-order chi connectivity index (χ0) is 37.1. The number of allylic oxidation sites excluding steroid dienone is 1. The Kier molecular flexibility index (Phi) is 7.46. The molecule has 1 N–H and O–H groups in total. The van der Waals surface area contributed by atoms with E-state index in [1.54, 1.807) is 0 Å². The monoisotopic (exact) mass is 715 g/mol. The second-order valence-electron chi connectivity index (χ2n) is 14.7. The molecule has 8 aromatic rings. The van der Waals surface area contributed by atoms with Gasteiger partial charge in [-0.25, -0.2) is 0 Å². The summed E-state index contributed by atoms with van der Waals surface area (Å²) in [5.74, 6) is 0. The molecule has 1 spiro atoms. The second kappa shape index (κ2) is 13.0. The predicted molar refractivity (Wildman–Crippen MR) is 231 cm³/mol. The quantitative estimate of drug-likeness (QED) is 0.192. The molecule has 1 atom stereocenters. The van der Waals surface area contributed by atoms with Crippen molar-refractivity contribution in [3.8, 4) is 22.3 Å². The van der Waals surface area contributed by atoms with Crippen LogP contribution < -0.4 is 10.2 Å². The molecule has 3 heteroatoms. The minimum absolute atomic E-state index is 0.193.